The van der Waals surface area contributed by atoms with Gasteiger partial charge in [-0.2, -0.15) is 0 Å². The predicted molar refractivity (Wildman–Crippen MR) is 245 cm³/mol. The SMILES string of the molecule is CC(C)(C)c1cccc([Si](OO[Si](c2ccccc2)(c2ccccc2)c2cccc(C(C)(C)C)c2C(C)(C)C)(c2ccccc2)c2ccccc2)c1C(C)(C)C. The van der Waals surface area contributed by atoms with Gasteiger partial charge in [0.05, 0.1) is 0 Å². The van der Waals surface area contributed by atoms with Crippen LogP contribution in [0, 0.1) is 0 Å². The summed E-state index contributed by atoms with van der Waals surface area (Å²) in [5.41, 5.74) is 4.72. The quantitative estimate of drug-likeness (QED) is 0.0631. The molecule has 0 aliphatic carbocycles. The summed E-state index contributed by atoms with van der Waals surface area (Å²) in [7, 11) is -7.00. The molecule has 0 heterocycles. The summed E-state index contributed by atoms with van der Waals surface area (Å²) in [6, 6.07) is 57.5. The van der Waals surface area contributed by atoms with E-state index >= 15 is 0 Å². The lowest BCUT2D eigenvalue weighted by molar-refractivity contribution is -0.112. The molecule has 0 spiro atoms. The van der Waals surface area contributed by atoms with Crippen LogP contribution < -0.4 is 31.1 Å². The Hall–Kier alpha value is -4.33. The van der Waals surface area contributed by atoms with Gasteiger partial charge < -0.3 is 0 Å². The third kappa shape index (κ3) is 7.82. The Kier molecular flexibility index (Phi) is 11.5. The monoisotopic (exact) mass is 774 g/mol. The second-order valence-corrected chi connectivity index (χ2v) is 25.9. The highest BCUT2D eigenvalue weighted by molar-refractivity contribution is 7.09. The van der Waals surface area contributed by atoms with Crippen molar-refractivity contribution >= 4 is 47.8 Å². The van der Waals surface area contributed by atoms with Crippen LogP contribution >= 0.6 is 0 Å². The molecule has 6 aromatic carbocycles. The molecule has 0 N–H and O–H groups in total. The van der Waals surface area contributed by atoms with Crippen molar-refractivity contribution in [1.82, 2.24) is 0 Å². The van der Waals surface area contributed by atoms with E-state index in [4.69, 9.17) is 9.15 Å². The van der Waals surface area contributed by atoms with Crippen LogP contribution in [-0.4, -0.2) is 16.6 Å². The van der Waals surface area contributed by atoms with Gasteiger partial charge in [0.2, 0.25) is 0 Å². The zero-order valence-corrected chi connectivity index (χ0v) is 37.8. The lowest BCUT2D eigenvalue weighted by Gasteiger charge is -2.43. The highest BCUT2D eigenvalue weighted by Gasteiger charge is 2.53. The largest absolute Gasteiger partial charge is 0.330 e. The van der Waals surface area contributed by atoms with Crippen LogP contribution in [-0.2, 0) is 30.8 Å². The second-order valence-electron chi connectivity index (χ2n) is 19.4. The van der Waals surface area contributed by atoms with Crippen LogP contribution in [0.4, 0.5) is 0 Å². The average Bonchev–Trinajstić information content (AvgIpc) is 3.16. The molecule has 6 rings (SSSR count). The summed E-state index contributed by atoms with van der Waals surface area (Å²) in [6.45, 7) is 28.0. The van der Waals surface area contributed by atoms with Crippen molar-refractivity contribution in [2.24, 2.45) is 0 Å². The van der Waals surface area contributed by atoms with Gasteiger partial charge in [0.25, 0.3) is 0 Å². The van der Waals surface area contributed by atoms with E-state index in [2.05, 4.69) is 241 Å². The first-order valence-electron chi connectivity index (χ1n) is 20.2. The highest BCUT2D eigenvalue weighted by atomic mass is 28.4. The van der Waals surface area contributed by atoms with Gasteiger partial charge in [-0.25, -0.2) is 0 Å². The molecule has 0 amide bonds. The minimum atomic E-state index is -3.50. The van der Waals surface area contributed by atoms with E-state index in [1.165, 1.54) is 32.6 Å². The number of hydrogen-bond acceptors (Lipinski definition) is 2. The first-order chi connectivity index (χ1) is 26.3. The summed E-state index contributed by atoms with van der Waals surface area (Å²) in [6.07, 6.45) is 0. The van der Waals surface area contributed by atoms with Crippen molar-refractivity contribution < 1.29 is 9.15 Å². The Balaban J connectivity index is 1.80. The molecule has 0 saturated carbocycles. The number of hydrogen-bond donors (Lipinski definition) is 0. The molecule has 0 aliphatic heterocycles. The van der Waals surface area contributed by atoms with E-state index in [0.717, 1.165) is 20.7 Å². The molecular formula is C52H62O2Si2. The minimum Gasteiger partial charge on any atom is -0.279 e. The lowest BCUT2D eigenvalue weighted by Crippen LogP contribution is -2.76. The van der Waals surface area contributed by atoms with Crippen molar-refractivity contribution in [3.8, 4) is 0 Å². The maximum Gasteiger partial charge on any atom is 0.330 e. The summed E-state index contributed by atoms with van der Waals surface area (Å²) in [5.74, 6) is 0. The molecule has 4 heteroatoms. The normalized spacial score (nSPS) is 13.1. The van der Waals surface area contributed by atoms with E-state index in [9.17, 15) is 0 Å². The first-order valence-corrected chi connectivity index (χ1v) is 24.0. The molecule has 0 aliphatic rings. The zero-order valence-electron chi connectivity index (χ0n) is 35.8. The highest BCUT2D eigenvalue weighted by Crippen LogP contribution is 2.36. The first kappa shape index (κ1) is 41.3. The average molecular weight is 775 g/mol. The van der Waals surface area contributed by atoms with Crippen LogP contribution in [0.1, 0.15) is 105 Å². The summed E-state index contributed by atoms with van der Waals surface area (Å²) in [5, 5.41) is 7.02. The van der Waals surface area contributed by atoms with Gasteiger partial charge in [0.15, 0.2) is 0 Å². The predicted octanol–water partition coefficient (Wildman–Crippen LogP) is 9.46. The molecule has 6 aromatic rings. The van der Waals surface area contributed by atoms with E-state index in [1.807, 2.05) is 0 Å². The molecular weight excluding hydrogens is 713 g/mol. The van der Waals surface area contributed by atoms with Gasteiger partial charge in [0.1, 0.15) is 0 Å². The summed E-state index contributed by atoms with van der Waals surface area (Å²) in [4.78, 5) is 0. The fourth-order valence-electron chi connectivity index (χ4n) is 8.61. The molecule has 0 bridgehead atoms. The molecule has 0 saturated heterocycles. The van der Waals surface area contributed by atoms with Gasteiger partial charge in [0, 0.05) is 0 Å². The standard InChI is InChI=1S/C52H62O2Si2/c1-49(2,3)43-35-25-37-45(47(43)51(7,8)9)55(39-27-17-13-18-28-39,40-29-19-14-20-30-40)53-54-56(41-31-21-15-22-32-41,42-33-23-16-24-34-42)46-38-26-36-44(50(4,5)6)48(46)52(10,11)12/h13-38H,1-12H3. The third-order valence-corrected chi connectivity index (χ3v) is 18.8. The lowest BCUT2D eigenvalue weighted by atomic mass is 9.75. The number of rotatable bonds is 9. The van der Waals surface area contributed by atoms with Gasteiger partial charge in [-0.1, -0.05) is 241 Å². The second kappa shape index (κ2) is 15.5. The Morgan fingerprint density at radius 1 is 0.286 bits per heavy atom. The summed E-state index contributed by atoms with van der Waals surface area (Å²) < 4.78 is 15.8. The van der Waals surface area contributed by atoms with E-state index in [1.54, 1.807) is 0 Å². The van der Waals surface area contributed by atoms with Crippen LogP contribution in [0.2, 0.25) is 0 Å². The maximum atomic E-state index is 7.91. The van der Waals surface area contributed by atoms with Gasteiger partial charge in [-0.05, 0) is 75.0 Å². The van der Waals surface area contributed by atoms with Crippen LogP contribution in [0.5, 0.6) is 0 Å². The molecule has 2 nitrogen and oxygen atoms in total. The van der Waals surface area contributed by atoms with Crippen molar-refractivity contribution in [1.29, 1.82) is 0 Å². The van der Waals surface area contributed by atoms with Gasteiger partial charge >= 0.3 is 16.6 Å². The van der Waals surface area contributed by atoms with E-state index in [0.29, 0.717) is 0 Å². The Bertz CT molecular complexity index is 1980. The third-order valence-electron chi connectivity index (χ3n) is 11.0. The van der Waals surface area contributed by atoms with Crippen LogP contribution in [0.15, 0.2) is 158 Å². The van der Waals surface area contributed by atoms with Crippen molar-refractivity contribution in [3.63, 3.8) is 0 Å². The van der Waals surface area contributed by atoms with Crippen molar-refractivity contribution in [2.75, 3.05) is 0 Å². The van der Waals surface area contributed by atoms with E-state index < -0.39 is 16.6 Å². The maximum absolute atomic E-state index is 7.91. The molecule has 0 aromatic heterocycles. The fraction of sp³-hybridized carbons (Fsp3) is 0.308. The van der Waals surface area contributed by atoms with Gasteiger partial charge in [-0.15, -0.1) is 0 Å². The van der Waals surface area contributed by atoms with Crippen molar-refractivity contribution in [2.45, 2.75) is 105 Å². The molecule has 0 atom stereocenters. The molecule has 56 heavy (non-hydrogen) atoms. The van der Waals surface area contributed by atoms with Crippen molar-refractivity contribution in [3.05, 3.63) is 180 Å². The minimum absolute atomic E-state index is 0.103. The van der Waals surface area contributed by atoms with Crippen LogP contribution in [0.3, 0.4) is 0 Å². The smallest absolute Gasteiger partial charge is 0.279 e. The fourth-order valence-corrected chi connectivity index (χ4v) is 17.1. The zero-order chi connectivity index (χ0) is 40.6. The topological polar surface area (TPSA) is 18.5 Å². The number of benzene rings is 6. The Labute approximate surface area is 340 Å². The van der Waals surface area contributed by atoms with Crippen LogP contribution in [0.25, 0.3) is 0 Å². The molecule has 290 valence electrons. The Morgan fingerprint density at radius 3 is 0.750 bits per heavy atom. The summed E-state index contributed by atoms with van der Waals surface area (Å²) >= 11 is 0. The molecule has 0 radical (unpaired) electrons. The van der Waals surface area contributed by atoms with Gasteiger partial charge in [-0.3, -0.25) is 9.15 Å². The van der Waals surface area contributed by atoms with E-state index in [-0.39, 0.29) is 21.7 Å². The molecule has 0 fully saturated rings. The molecule has 0 unspecified atom stereocenters. The Morgan fingerprint density at radius 2 is 0.536 bits per heavy atom.